The summed E-state index contributed by atoms with van der Waals surface area (Å²) in [6.07, 6.45) is 3.67. The highest BCUT2D eigenvalue weighted by Gasteiger charge is 2.24. The fraction of sp³-hybridized carbons (Fsp3) is 0.450. The number of ether oxygens (including phenoxy) is 1. The molecule has 1 aliphatic heterocycles. The van der Waals surface area contributed by atoms with Crippen LogP contribution in [0.5, 0.6) is 0 Å². The summed E-state index contributed by atoms with van der Waals surface area (Å²) in [4.78, 5) is 41.8. The predicted molar refractivity (Wildman–Crippen MR) is 117 cm³/mol. The molecule has 0 unspecified atom stereocenters. The lowest BCUT2D eigenvalue weighted by molar-refractivity contribution is 0.0751. The van der Waals surface area contributed by atoms with E-state index in [1.54, 1.807) is 35.0 Å². The van der Waals surface area contributed by atoms with Crippen LogP contribution in [0.2, 0.25) is 10.0 Å². The SMILES string of the molecule is CN(CCC1CCN(C(=O)OCc2cc(Cl)cc(Cl)c2)CC1)C(=O)c1c[nH]c(=O)s1. The molecule has 1 fully saturated rings. The third-order valence-electron chi connectivity index (χ3n) is 5.11. The number of carbonyl (C=O) groups is 2. The van der Waals surface area contributed by atoms with E-state index in [0.717, 1.165) is 36.2 Å². The molecule has 1 aromatic heterocycles. The second-order valence-electron chi connectivity index (χ2n) is 7.32. The number of nitrogens with zero attached hydrogens (tertiary/aromatic N) is 2. The number of hydrogen-bond donors (Lipinski definition) is 1. The van der Waals surface area contributed by atoms with Crippen molar-refractivity contribution in [3.8, 4) is 0 Å². The quantitative estimate of drug-likeness (QED) is 0.682. The number of piperidine rings is 1. The molecule has 0 atom stereocenters. The van der Waals surface area contributed by atoms with E-state index in [1.165, 1.54) is 6.20 Å². The Balaban J connectivity index is 1.39. The second kappa shape index (κ2) is 10.3. The molecule has 0 spiro atoms. The lowest BCUT2D eigenvalue weighted by Gasteiger charge is -2.32. The number of likely N-dealkylation sites (tertiary alicyclic amines) is 1. The molecule has 10 heteroatoms. The van der Waals surface area contributed by atoms with Crippen molar-refractivity contribution < 1.29 is 14.3 Å². The molecule has 0 aliphatic carbocycles. The number of thiazole rings is 1. The molecular formula is C20H23Cl2N3O4S. The van der Waals surface area contributed by atoms with Gasteiger partial charge in [0.25, 0.3) is 5.91 Å². The maximum atomic E-state index is 12.3. The minimum atomic E-state index is -0.348. The maximum Gasteiger partial charge on any atom is 0.410 e. The van der Waals surface area contributed by atoms with Crippen molar-refractivity contribution in [2.75, 3.05) is 26.7 Å². The van der Waals surface area contributed by atoms with Crippen molar-refractivity contribution in [1.82, 2.24) is 14.8 Å². The summed E-state index contributed by atoms with van der Waals surface area (Å²) >= 11 is 12.8. The van der Waals surface area contributed by atoms with Crippen molar-refractivity contribution in [1.29, 1.82) is 0 Å². The molecule has 1 N–H and O–H groups in total. The van der Waals surface area contributed by atoms with Crippen LogP contribution in [-0.2, 0) is 11.3 Å². The number of H-pyrrole nitrogens is 1. The molecule has 0 radical (unpaired) electrons. The lowest BCUT2D eigenvalue weighted by atomic mass is 9.93. The van der Waals surface area contributed by atoms with Crippen LogP contribution in [0, 0.1) is 5.92 Å². The molecule has 7 nitrogen and oxygen atoms in total. The van der Waals surface area contributed by atoms with Gasteiger partial charge in [-0.25, -0.2) is 4.79 Å². The van der Waals surface area contributed by atoms with Gasteiger partial charge in [-0.1, -0.05) is 34.5 Å². The minimum absolute atomic E-state index is 0.122. The Bertz CT molecular complexity index is 933. The van der Waals surface area contributed by atoms with Crippen molar-refractivity contribution in [3.05, 3.63) is 54.5 Å². The summed E-state index contributed by atoms with van der Waals surface area (Å²) in [7, 11) is 1.74. The molecule has 1 aliphatic rings. The van der Waals surface area contributed by atoms with Crippen molar-refractivity contribution in [3.63, 3.8) is 0 Å². The van der Waals surface area contributed by atoms with Gasteiger partial charge in [0.2, 0.25) is 0 Å². The monoisotopic (exact) mass is 471 g/mol. The van der Waals surface area contributed by atoms with Crippen LogP contribution in [0.4, 0.5) is 4.79 Å². The van der Waals surface area contributed by atoms with E-state index < -0.39 is 0 Å². The largest absolute Gasteiger partial charge is 0.445 e. The maximum absolute atomic E-state index is 12.3. The van der Waals surface area contributed by atoms with Gasteiger partial charge in [-0.3, -0.25) is 9.59 Å². The topological polar surface area (TPSA) is 82.7 Å². The minimum Gasteiger partial charge on any atom is -0.445 e. The van der Waals surface area contributed by atoms with Crippen LogP contribution in [-0.4, -0.2) is 53.5 Å². The summed E-state index contributed by atoms with van der Waals surface area (Å²) in [5, 5.41) is 1.01. The smallest absolute Gasteiger partial charge is 0.410 e. The van der Waals surface area contributed by atoms with Gasteiger partial charge in [0.05, 0.1) is 0 Å². The number of aromatic amines is 1. The average molecular weight is 472 g/mol. The molecule has 2 heterocycles. The molecule has 0 bridgehead atoms. The normalized spacial score (nSPS) is 14.6. The first-order valence-corrected chi connectivity index (χ1v) is 11.2. The van der Waals surface area contributed by atoms with Crippen molar-refractivity contribution >= 4 is 46.5 Å². The number of carbonyl (C=O) groups excluding carboxylic acids is 2. The Morgan fingerprint density at radius 1 is 1.23 bits per heavy atom. The molecule has 1 aromatic carbocycles. The number of aromatic nitrogens is 1. The van der Waals surface area contributed by atoms with Gasteiger partial charge in [0.1, 0.15) is 11.5 Å². The molecular weight excluding hydrogens is 449 g/mol. The zero-order chi connectivity index (χ0) is 21.7. The number of benzene rings is 1. The number of amides is 2. The standard InChI is InChI=1S/C20H23Cl2N3O4S/c1-24(18(26)17-11-23-19(27)30-17)5-2-13-3-6-25(7-4-13)20(28)29-12-14-8-15(21)10-16(22)9-14/h8-11,13H,2-7,12H2,1H3,(H,23,27). The molecule has 162 valence electrons. The fourth-order valence-corrected chi connectivity index (χ4v) is 4.64. The van der Waals surface area contributed by atoms with E-state index in [2.05, 4.69) is 4.98 Å². The molecule has 30 heavy (non-hydrogen) atoms. The molecule has 2 aromatic rings. The average Bonchev–Trinajstić information content (AvgIpc) is 3.15. The summed E-state index contributed by atoms with van der Waals surface area (Å²) in [6, 6.07) is 5.07. The summed E-state index contributed by atoms with van der Waals surface area (Å²) in [6.45, 7) is 1.97. The van der Waals surface area contributed by atoms with E-state index in [9.17, 15) is 14.4 Å². The lowest BCUT2D eigenvalue weighted by Crippen LogP contribution is -2.39. The van der Waals surface area contributed by atoms with Crippen LogP contribution in [0.3, 0.4) is 0 Å². The number of halogens is 2. The molecule has 0 saturated carbocycles. The Labute approximate surface area is 188 Å². The Hall–Kier alpha value is -2.03. The second-order valence-corrected chi connectivity index (χ2v) is 9.21. The van der Waals surface area contributed by atoms with Crippen LogP contribution >= 0.6 is 34.5 Å². The van der Waals surface area contributed by atoms with Crippen LogP contribution in [0.25, 0.3) is 0 Å². The molecule has 3 rings (SSSR count). The van der Waals surface area contributed by atoms with Gasteiger partial charge >= 0.3 is 11.0 Å². The van der Waals surface area contributed by atoms with E-state index in [0.29, 0.717) is 40.5 Å². The van der Waals surface area contributed by atoms with Crippen molar-refractivity contribution in [2.24, 2.45) is 5.92 Å². The van der Waals surface area contributed by atoms with Crippen LogP contribution in [0.1, 0.15) is 34.5 Å². The Kier molecular flexibility index (Phi) is 7.80. The van der Waals surface area contributed by atoms with Gasteiger partial charge in [-0.15, -0.1) is 0 Å². The van der Waals surface area contributed by atoms with Gasteiger partial charge in [0, 0.05) is 42.9 Å². The van der Waals surface area contributed by atoms with E-state index in [1.807, 2.05) is 0 Å². The Morgan fingerprint density at radius 3 is 2.50 bits per heavy atom. The number of hydrogen-bond acceptors (Lipinski definition) is 5. The third-order valence-corrected chi connectivity index (χ3v) is 6.36. The summed E-state index contributed by atoms with van der Waals surface area (Å²) in [5.41, 5.74) is 0.746. The summed E-state index contributed by atoms with van der Waals surface area (Å²) < 4.78 is 5.38. The van der Waals surface area contributed by atoms with Gasteiger partial charge in [-0.2, -0.15) is 0 Å². The summed E-state index contributed by atoms with van der Waals surface area (Å²) in [5.74, 6) is 0.279. The zero-order valence-electron chi connectivity index (χ0n) is 16.5. The van der Waals surface area contributed by atoms with Crippen molar-refractivity contribution in [2.45, 2.75) is 25.9 Å². The van der Waals surface area contributed by atoms with Crippen LogP contribution < -0.4 is 4.87 Å². The van der Waals surface area contributed by atoms with E-state index in [-0.39, 0.29) is 23.5 Å². The highest BCUT2D eigenvalue weighted by molar-refractivity contribution is 7.11. The van der Waals surface area contributed by atoms with E-state index in [4.69, 9.17) is 27.9 Å². The fourth-order valence-electron chi connectivity index (χ4n) is 3.39. The zero-order valence-corrected chi connectivity index (χ0v) is 18.9. The highest BCUT2D eigenvalue weighted by Crippen LogP contribution is 2.23. The Morgan fingerprint density at radius 2 is 1.90 bits per heavy atom. The first-order chi connectivity index (χ1) is 14.3. The van der Waals surface area contributed by atoms with Gasteiger partial charge in [-0.05, 0) is 48.9 Å². The number of nitrogens with one attached hydrogen (secondary N) is 1. The van der Waals surface area contributed by atoms with E-state index >= 15 is 0 Å². The third kappa shape index (κ3) is 6.23. The predicted octanol–water partition coefficient (Wildman–Crippen LogP) is 4.25. The first-order valence-electron chi connectivity index (χ1n) is 9.62. The van der Waals surface area contributed by atoms with Gasteiger partial charge in [0.15, 0.2) is 0 Å². The van der Waals surface area contributed by atoms with Crippen LogP contribution in [0.15, 0.2) is 29.2 Å². The molecule has 1 saturated heterocycles. The van der Waals surface area contributed by atoms with Gasteiger partial charge < -0.3 is 19.5 Å². The number of rotatable bonds is 6. The highest BCUT2D eigenvalue weighted by atomic mass is 35.5. The molecule has 2 amide bonds. The first kappa shape index (κ1) is 22.7.